The molecule has 0 aliphatic carbocycles. The molecule has 31 heavy (non-hydrogen) atoms. The zero-order chi connectivity index (χ0) is 23.0. The number of aryl methyl sites for hydroxylation is 1. The number of fused-ring (bicyclic) bond motifs is 3. The van der Waals surface area contributed by atoms with Gasteiger partial charge >= 0.3 is 0 Å². The standard InChI is InChI=1S/C16H13FN2O3S.C3H4N2O.C2H2/c1-8(20)2-3-9-6-10-12(7-11(9)17)22-5-4-13-14(10)19-16(23-13)15(18)21;1-3-4-2-5-6-3;1-2/h6-8,20H,4-5H2,1H3,(H2,18,21);2H,1H3;1-2H/t8-;;/m1../s1. The lowest BCUT2D eigenvalue weighted by Crippen LogP contribution is -2.10. The van der Waals surface area contributed by atoms with Crippen LogP contribution in [0.5, 0.6) is 5.75 Å². The highest BCUT2D eigenvalue weighted by atomic mass is 32.1. The first-order chi connectivity index (χ1) is 14.8. The summed E-state index contributed by atoms with van der Waals surface area (Å²) in [5, 5.41) is 12.8. The largest absolute Gasteiger partial charge is 0.492 e. The summed E-state index contributed by atoms with van der Waals surface area (Å²) in [5.74, 6) is 4.93. The number of aliphatic hydroxyl groups is 1. The van der Waals surface area contributed by atoms with Crippen LogP contribution in [-0.4, -0.2) is 38.8 Å². The SMILES string of the molecule is C#C.C[C@@H](O)C#Cc1cc2c(cc1F)OCCc1sc(C(N)=O)nc1-2.Cc1ncno1. The predicted molar refractivity (Wildman–Crippen MR) is 113 cm³/mol. The number of carbonyl (C=O) groups excluding carboxylic acids is 1. The molecule has 160 valence electrons. The second kappa shape index (κ2) is 10.9. The van der Waals surface area contributed by atoms with Crippen molar-refractivity contribution in [2.45, 2.75) is 26.4 Å². The number of rotatable bonds is 1. The first-order valence-electron chi connectivity index (χ1n) is 8.87. The Labute approximate surface area is 182 Å². The van der Waals surface area contributed by atoms with Crippen molar-refractivity contribution in [1.82, 2.24) is 15.1 Å². The van der Waals surface area contributed by atoms with E-state index in [9.17, 15) is 14.3 Å². The van der Waals surface area contributed by atoms with E-state index in [0.717, 1.165) is 4.88 Å². The molecule has 0 saturated heterocycles. The zero-order valence-corrected chi connectivity index (χ0v) is 17.6. The first-order valence-corrected chi connectivity index (χ1v) is 9.69. The van der Waals surface area contributed by atoms with E-state index in [-0.39, 0.29) is 10.6 Å². The molecule has 0 unspecified atom stereocenters. The zero-order valence-electron chi connectivity index (χ0n) is 16.8. The number of thiazole rings is 1. The van der Waals surface area contributed by atoms with Crippen LogP contribution < -0.4 is 10.5 Å². The van der Waals surface area contributed by atoms with Gasteiger partial charge in [0.25, 0.3) is 5.91 Å². The summed E-state index contributed by atoms with van der Waals surface area (Å²) in [6.07, 6.45) is 9.07. The Morgan fingerprint density at radius 2 is 2.16 bits per heavy atom. The van der Waals surface area contributed by atoms with E-state index in [4.69, 9.17) is 10.5 Å². The van der Waals surface area contributed by atoms with Crippen LogP contribution in [-0.2, 0) is 6.42 Å². The van der Waals surface area contributed by atoms with Gasteiger partial charge in [-0.25, -0.2) is 9.37 Å². The van der Waals surface area contributed by atoms with E-state index in [0.29, 0.717) is 35.9 Å². The Balaban J connectivity index is 0.000000363. The van der Waals surface area contributed by atoms with E-state index >= 15 is 0 Å². The lowest BCUT2D eigenvalue weighted by atomic mass is 10.1. The topological polar surface area (TPSA) is 124 Å². The number of hydrogen-bond acceptors (Lipinski definition) is 8. The lowest BCUT2D eigenvalue weighted by Gasteiger charge is -2.08. The van der Waals surface area contributed by atoms with Crippen molar-refractivity contribution in [3.63, 3.8) is 0 Å². The molecule has 3 heterocycles. The third-order valence-corrected chi connectivity index (χ3v) is 4.84. The fourth-order valence-corrected chi connectivity index (χ4v) is 3.37. The van der Waals surface area contributed by atoms with Crippen molar-refractivity contribution in [3.05, 3.63) is 45.6 Å². The fraction of sp³-hybridized carbons (Fsp3) is 0.238. The number of amides is 1. The highest BCUT2D eigenvalue weighted by Gasteiger charge is 2.23. The number of nitrogens with zero attached hydrogens (tertiary/aromatic N) is 3. The molecule has 8 nitrogen and oxygen atoms in total. The predicted octanol–water partition coefficient (Wildman–Crippen LogP) is 2.34. The van der Waals surface area contributed by atoms with Gasteiger partial charge in [-0.15, -0.1) is 24.2 Å². The number of nitrogens with two attached hydrogens (primary N) is 1. The van der Waals surface area contributed by atoms with Gasteiger partial charge in [-0.3, -0.25) is 4.79 Å². The van der Waals surface area contributed by atoms with Gasteiger partial charge in [-0.1, -0.05) is 17.0 Å². The molecule has 0 spiro atoms. The van der Waals surface area contributed by atoms with Crippen molar-refractivity contribution in [2.75, 3.05) is 6.61 Å². The van der Waals surface area contributed by atoms with E-state index in [1.165, 1.54) is 36.7 Å². The second-order valence-electron chi connectivity index (χ2n) is 5.99. The molecule has 0 radical (unpaired) electrons. The molecule has 4 rings (SSSR count). The van der Waals surface area contributed by atoms with Gasteiger partial charge in [0.1, 0.15) is 17.7 Å². The average Bonchev–Trinajstić information content (AvgIpc) is 3.35. The summed E-state index contributed by atoms with van der Waals surface area (Å²) in [7, 11) is 0. The number of aliphatic hydroxyl groups excluding tert-OH is 1. The minimum atomic E-state index is -0.860. The molecule has 2 aromatic heterocycles. The van der Waals surface area contributed by atoms with E-state index in [1.54, 1.807) is 6.92 Å². The molecule has 1 aliphatic rings. The Kier molecular flexibility index (Phi) is 8.26. The van der Waals surface area contributed by atoms with Crippen LogP contribution in [0.1, 0.15) is 33.1 Å². The van der Waals surface area contributed by atoms with Gasteiger partial charge in [0, 0.05) is 29.9 Å². The highest BCUT2D eigenvalue weighted by molar-refractivity contribution is 7.14. The minimum Gasteiger partial charge on any atom is -0.492 e. The van der Waals surface area contributed by atoms with Gasteiger partial charge in [-0.05, 0) is 13.0 Å². The van der Waals surface area contributed by atoms with Crippen LogP contribution in [0.2, 0.25) is 0 Å². The van der Waals surface area contributed by atoms with Crippen LogP contribution in [0.15, 0.2) is 23.0 Å². The van der Waals surface area contributed by atoms with Crippen LogP contribution >= 0.6 is 11.3 Å². The second-order valence-corrected chi connectivity index (χ2v) is 7.07. The Morgan fingerprint density at radius 1 is 1.42 bits per heavy atom. The third kappa shape index (κ3) is 6.12. The summed E-state index contributed by atoms with van der Waals surface area (Å²) >= 11 is 1.21. The number of ether oxygens (including phenoxy) is 1. The monoisotopic (exact) mass is 442 g/mol. The summed E-state index contributed by atoms with van der Waals surface area (Å²) in [6.45, 7) is 3.60. The quantitative estimate of drug-likeness (QED) is 0.554. The van der Waals surface area contributed by atoms with Crippen molar-refractivity contribution in [3.8, 4) is 41.7 Å². The van der Waals surface area contributed by atoms with E-state index < -0.39 is 17.8 Å². The van der Waals surface area contributed by atoms with Gasteiger partial charge in [0.05, 0.1) is 17.9 Å². The molecule has 1 amide bonds. The lowest BCUT2D eigenvalue weighted by molar-refractivity contribution is 0.1000. The molecule has 0 saturated carbocycles. The van der Waals surface area contributed by atoms with Crippen molar-refractivity contribution in [2.24, 2.45) is 5.73 Å². The Hall–Kier alpha value is -3.73. The summed E-state index contributed by atoms with van der Waals surface area (Å²) < 4.78 is 24.2. The molecule has 10 heteroatoms. The number of carbonyl (C=O) groups is 1. The molecule has 1 aromatic carbocycles. The van der Waals surface area contributed by atoms with Crippen LogP contribution in [0.4, 0.5) is 4.39 Å². The van der Waals surface area contributed by atoms with Gasteiger partial charge < -0.3 is 20.1 Å². The Bertz CT molecular complexity index is 1130. The molecule has 0 fully saturated rings. The molecule has 1 aliphatic heterocycles. The molecule has 0 bridgehead atoms. The maximum absolute atomic E-state index is 14.1. The van der Waals surface area contributed by atoms with Gasteiger partial charge in [-0.2, -0.15) is 4.98 Å². The number of primary amides is 1. The van der Waals surface area contributed by atoms with Gasteiger partial charge in [0.15, 0.2) is 11.3 Å². The number of hydrogen-bond donors (Lipinski definition) is 2. The van der Waals surface area contributed by atoms with Crippen molar-refractivity contribution >= 4 is 17.2 Å². The number of benzene rings is 1. The molecular weight excluding hydrogens is 423 g/mol. The smallest absolute Gasteiger partial charge is 0.277 e. The normalized spacial score (nSPS) is 11.9. The Morgan fingerprint density at radius 3 is 2.71 bits per heavy atom. The fourth-order valence-electron chi connectivity index (χ4n) is 2.46. The average molecular weight is 442 g/mol. The summed E-state index contributed by atoms with van der Waals surface area (Å²) in [5.41, 5.74) is 6.55. The third-order valence-electron chi connectivity index (χ3n) is 3.71. The van der Waals surface area contributed by atoms with E-state index in [1.807, 2.05) is 0 Å². The number of aromatic nitrogens is 3. The maximum atomic E-state index is 14.1. The van der Waals surface area contributed by atoms with Crippen molar-refractivity contribution < 1.29 is 23.6 Å². The summed E-state index contributed by atoms with van der Waals surface area (Å²) in [4.78, 5) is 20.1. The van der Waals surface area contributed by atoms with Crippen LogP contribution in [0.3, 0.4) is 0 Å². The van der Waals surface area contributed by atoms with Crippen LogP contribution in [0, 0.1) is 37.4 Å². The maximum Gasteiger partial charge on any atom is 0.277 e. The van der Waals surface area contributed by atoms with Gasteiger partial charge in [0.2, 0.25) is 5.89 Å². The number of terminal acetylenes is 1. The van der Waals surface area contributed by atoms with Crippen molar-refractivity contribution in [1.29, 1.82) is 0 Å². The summed E-state index contributed by atoms with van der Waals surface area (Å²) in [6, 6.07) is 2.77. The van der Waals surface area contributed by atoms with Crippen LogP contribution in [0.25, 0.3) is 11.3 Å². The van der Waals surface area contributed by atoms with E-state index in [2.05, 4.69) is 44.3 Å². The minimum absolute atomic E-state index is 0.134. The molecular formula is C21H19FN4O4S. The molecule has 1 atom stereocenters. The first kappa shape index (κ1) is 23.5. The number of halogens is 1. The molecule has 3 N–H and O–H groups in total. The highest BCUT2D eigenvalue weighted by Crippen LogP contribution is 2.38. The molecule has 3 aromatic rings.